The Morgan fingerprint density at radius 1 is 1.12 bits per heavy atom. The van der Waals surface area contributed by atoms with Crippen LogP contribution < -0.4 is 5.73 Å². The van der Waals surface area contributed by atoms with Gasteiger partial charge in [0.15, 0.2) is 5.82 Å². The van der Waals surface area contributed by atoms with E-state index in [9.17, 15) is 4.79 Å². The topological polar surface area (TPSA) is 115 Å². The zero-order valence-electron chi connectivity index (χ0n) is 19.0. The van der Waals surface area contributed by atoms with Crippen molar-refractivity contribution in [3.8, 4) is 22.5 Å². The minimum atomic E-state index is -0.497. The van der Waals surface area contributed by atoms with Crippen LogP contribution in [0.1, 0.15) is 40.7 Å². The first-order valence-electron chi connectivity index (χ1n) is 11.2. The van der Waals surface area contributed by atoms with Crippen LogP contribution in [0.3, 0.4) is 0 Å². The van der Waals surface area contributed by atoms with Crippen LogP contribution in [0, 0.1) is 13.0 Å². The summed E-state index contributed by atoms with van der Waals surface area (Å²) in [6, 6.07) is 21.2. The third-order valence-corrected chi connectivity index (χ3v) is 5.94. The highest BCUT2D eigenvalue weighted by Crippen LogP contribution is 2.30. The number of hydrogen-bond donors (Lipinski definition) is 2. The third-order valence-electron chi connectivity index (χ3n) is 5.94. The summed E-state index contributed by atoms with van der Waals surface area (Å²) in [6.07, 6.45) is 1.76. The molecule has 0 fully saturated rings. The van der Waals surface area contributed by atoms with E-state index in [4.69, 9.17) is 10.7 Å². The number of hydrogen-bond acceptors (Lipinski definition) is 5. The van der Waals surface area contributed by atoms with Gasteiger partial charge in [-0.15, -0.1) is 5.10 Å². The molecule has 0 unspecified atom stereocenters. The molecule has 0 atom stereocenters. The van der Waals surface area contributed by atoms with E-state index >= 15 is 0 Å². The minimum absolute atomic E-state index is 0.377. The summed E-state index contributed by atoms with van der Waals surface area (Å²) in [4.78, 5) is 17.0. The molecule has 8 nitrogen and oxygen atoms in total. The first-order valence-corrected chi connectivity index (χ1v) is 11.2. The predicted octanol–water partition coefficient (Wildman–Crippen LogP) is 4.09. The van der Waals surface area contributed by atoms with Gasteiger partial charge in [-0.25, -0.2) is 10.1 Å². The summed E-state index contributed by atoms with van der Waals surface area (Å²) in [6.45, 7) is 4.68. The average Bonchev–Trinajstić information content (AvgIpc) is 3.50. The molecule has 2 aromatic heterocycles. The zero-order valence-corrected chi connectivity index (χ0v) is 19.0. The minimum Gasteiger partial charge on any atom is -0.366 e. The van der Waals surface area contributed by atoms with E-state index in [-0.39, 0.29) is 0 Å². The van der Waals surface area contributed by atoms with Crippen molar-refractivity contribution < 1.29 is 4.79 Å². The van der Waals surface area contributed by atoms with Gasteiger partial charge in [-0.05, 0) is 58.2 Å². The molecular formula is C26H24N7O. The van der Waals surface area contributed by atoms with Crippen LogP contribution in [0.25, 0.3) is 33.5 Å². The normalized spacial score (nSPS) is 11.2. The quantitative estimate of drug-likeness (QED) is 0.387. The molecule has 0 aliphatic heterocycles. The largest absolute Gasteiger partial charge is 0.366 e. The molecule has 3 N–H and O–H groups in total. The van der Waals surface area contributed by atoms with Gasteiger partial charge < -0.3 is 10.3 Å². The number of primary amides is 1. The second-order valence-electron chi connectivity index (χ2n) is 8.26. The molecule has 0 bridgehead atoms. The molecule has 0 aliphatic carbocycles. The van der Waals surface area contributed by atoms with Gasteiger partial charge in [-0.1, -0.05) is 55.5 Å². The lowest BCUT2D eigenvalue weighted by atomic mass is 9.98. The fourth-order valence-electron chi connectivity index (χ4n) is 4.30. The molecule has 169 valence electrons. The van der Waals surface area contributed by atoms with E-state index < -0.39 is 5.91 Å². The number of tetrazole rings is 1. The number of aromatic nitrogens is 6. The standard InChI is InChI=1S/C26H24N7O/c1-3-6-22-28-23-16(2)9-14-21(25(27)34)24(23)33(22)15-17-10-12-18(13-11-17)19-7-4-5-8-20(19)26-29-31-32-30-26/h4-5,7-13H,3,6,15H2,1-2H3,(H2,27,34)(H,29,30,31,32). The van der Waals surface area contributed by atoms with Crippen molar-refractivity contribution in [2.75, 3.05) is 0 Å². The van der Waals surface area contributed by atoms with Crippen molar-refractivity contribution in [2.24, 2.45) is 5.73 Å². The fraction of sp³-hybridized carbons (Fsp3) is 0.192. The molecule has 0 saturated heterocycles. The Balaban J connectivity index is 1.55. The van der Waals surface area contributed by atoms with E-state index in [0.29, 0.717) is 17.9 Å². The molecule has 1 amide bonds. The van der Waals surface area contributed by atoms with Crippen LogP contribution in [-0.2, 0) is 13.0 Å². The van der Waals surface area contributed by atoms with E-state index in [0.717, 1.165) is 57.5 Å². The third kappa shape index (κ3) is 3.83. The van der Waals surface area contributed by atoms with E-state index in [1.807, 2.05) is 31.2 Å². The summed E-state index contributed by atoms with van der Waals surface area (Å²) in [5, 5.41) is 14.3. The number of nitrogens with two attached hydrogens (primary N) is 1. The molecular weight excluding hydrogens is 426 g/mol. The number of amides is 1. The number of nitrogens with zero attached hydrogens (tertiary/aromatic N) is 5. The van der Waals surface area contributed by atoms with Crippen molar-refractivity contribution in [3.63, 3.8) is 0 Å². The molecule has 2 heterocycles. The molecule has 1 radical (unpaired) electrons. The molecule has 8 heteroatoms. The molecule has 0 spiro atoms. The number of imidazole rings is 1. The van der Waals surface area contributed by atoms with E-state index in [1.165, 1.54) is 0 Å². The summed E-state index contributed by atoms with van der Waals surface area (Å²) < 4.78 is 2.10. The van der Waals surface area contributed by atoms with Crippen LogP contribution in [-0.4, -0.2) is 36.1 Å². The van der Waals surface area contributed by atoms with Crippen molar-refractivity contribution in [1.29, 1.82) is 0 Å². The Morgan fingerprint density at radius 2 is 1.88 bits per heavy atom. The van der Waals surface area contributed by atoms with Gasteiger partial charge in [0.25, 0.3) is 5.91 Å². The van der Waals surface area contributed by atoms with Crippen LogP contribution in [0.5, 0.6) is 0 Å². The van der Waals surface area contributed by atoms with Gasteiger partial charge in [0.2, 0.25) is 0 Å². The smallest absolute Gasteiger partial charge is 0.251 e. The molecule has 0 saturated carbocycles. The number of aryl methyl sites for hydroxylation is 2. The summed E-state index contributed by atoms with van der Waals surface area (Å²) in [5.41, 5.74) is 12.7. The lowest BCUT2D eigenvalue weighted by Crippen LogP contribution is -2.14. The van der Waals surface area contributed by atoms with Gasteiger partial charge in [0, 0.05) is 18.5 Å². The average molecular weight is 451 g/mol. The van der Waals surface area contributed by atoms with Gasteiger partial charge in [0.1, 0.15) is 5.82 Å². The summed E-state index contributed by atoms with van der Waals surface area (Å²) >= 11 is 0. The van der Waals surface area contributed by atoms with Crippen molar-refractivity contribution in [1.82, 2.24) is 30.2 Å². The number of carbonyl (C=O) groups is 1. The van der Waals surface area contributed by atoms with E-state index in [2.05, 4.69) is 62.4 Å². The van der Waals surface area contributed by atoms with Gasteiger partial charge in [0.05, 0.1) is 16.6 Å². The van der Waals surface area contributed by atoms with Crippen LogP contribution in [0.15, 0.2) is 54.6 Å². The number of rotatable bonds is 7. The van der Waals surface area contributed by atoms with Crippen molar-refractivity contribution in [3.05, 3.63) is 83.2 Å². The van der Waals surface area contributed by atoms with Crippen LogP contribution in [0.4, 0.5) is 0 Å². The summed E-state index contributed by atoms with van der Waals surface area (Å²) in [7, 11) is 0. The maximum atomic E-state index is 12.2. The fourth-order valence-corrected chi connectivity index (χ4v) is 4.30. The second kappa shape index (κ2) is 8.90. The van der Waals surface area contributed by atoms with Crippen molar-refractivity contribution >= 4 is 16.9 Å². The molecule has 34 heavy (non-hydrogen) atoms. The Bertz CT molecular complexity index is 1470. The van der Waals surface area contributed by atoms with E-state index in [1.54, 1.807) is 6.07 Å². The SMILES string of the molecule is CCCc1nc2c(C)c[c]c(C(N)=O)c2n1Cc1ccc(-c2ccccc2-c2nnn[nH]2)cc1. The Morgan fingerprint density at radius 3 is 2.56 bits per heavy atom. The number of nitrogens with one attached hydrogen (secondary N) is 1. The lowest BCUT2D eigenvalue weighted by Gasteiger charge is -2.12. The molecule has 0 aliphatic rings. The van der Waals surface area contributed by atoms with Crippen LogP contribution in [0.2, 0.25) is 0 Å². The second-order valence-corrected chi connectivity index (χ2v) is 8.26. The molecule has 5 aromatic rings. The monoisotopic (exact) mass is 450 g/mol. The number of fused-ring (bicyclic) bond motifs is 1. The number of carbonyl (C=O) groups excluding carboxylic acids is 1. The maximum Gasteiger partial charge on any atom is 0.251 e. The highest BCUT2D eigenvalue weighted by molar-refractivity contribution is 6.04. The number of benzene rings is 3. The molecule has 5 rings (SSSR count). The van der Waals surface area contributed by atoms with Gasteiger partial charge in [-0.3, -0.25) is 4.79 Å². The Labute approximate surface area is 196 Å². The van der Waals surface area contributed by atoms with Crippen LogP contribution >= 0.6 is 0 Å². The highest BCUT2D eigenvalue weighted by atomic mass is 16.1. The van der Waals surface area contributed by atoms with Crippen molar-refractivity contribution in [2.45, 2.75) is 33.2 Å². The van der Waals surface area contributed by atoms with Gasteiger partial charge >= 0.3 is 0 Å². The molecule has 3 aromatic carbocycles. The summed E-state index contributed by atoms with van der Waals surface area (Å²) in [5.74, 6) is 1.07. The maximum absolute atomic E-state index is 12.2. The lowest BCUT2D eigenvalue weighted by molar-refractivity contribution is 0.100. The zero-order chi connectivity index (χ0) is 23.7. The Hall–Kier alpha value is -4.33. The number of aromatic amines is 1. The van der Waals surface area contributed by atoms with Gasteiger partial charge in [-0.2, -0.15) is 0 Å². The highest BCUT2D eigenvalue weighted by Gasteiger charge is 2.19. The predicted molar refractivity (Wildman–Crippen MR) is 130 cm³/mol. The first kappa shape index (κ1) is 21.5. The Kier molecular flexibility index (Phi) is 5.63. The first-order chi connectivity index (χ1) is 16.6. The number of H-pyrrole nitrogens is 1.